The van der Waals surface area contributed by atoms with Crippen LogP contribution in [-0.2, 0) is 25.7 Å². The van der Waals surface area contributed by atoms with Gasteiger partial charge in [0.1, 0.15) is 11.6 Å². The Bertz CT molecular complexity index is 946. The molecule has 34 heavy (non-hydrogen) atoms. The van der Waals surface area contributed by atoms with Crippen LogP contribution in [0.2, 0.25) is 5.02 Å². The molecule has 1 fully saturated rings. The number of methoxy groups -OCH3 is 1. The summed E-state index contributed by atoms with van der Waals surface area (Å²) in [6.45, 7) is 2.71. The predicted molar refractivity (Wildman–Crippen MR) is 124 cm³/mol. The molecule has 3 rings (SSSR count). The number of carbonyl (C=O) groups is 2. The molecule has 0 aromatic heterocycles. The Kier molecular flexibility index (Phi) is 9.80. The van der Waals surface area contributed by atoms with Crippen LogP contribution in [0.25, 0.3) is 0 Å². The van der Waals surface area contributed by atoms with Gasteiger partial charge in [0.25, 0.3) is 0 Å². The number of piperazine rings is 1. The topological polar surface area (TPSA) is 59.1 Å². The van der Waals surface area contributed by atoms with Gasteiger partial charge >= 0.3 is 5.97 Å². The smallest absolute Gasteiger partial charge is 0.305 e. The number of nitrogens with zero attached hydrogens (tertiary/aromatic N) is 2. The molecular formula is C25H29ClF2N2O4. The van der Waals surface area contributed by atoms with E-state index in [0.29, 0.717) is 50.6 Å². The van der Waals surface area contributed by atoms with Crippen LogP contribution in [0, 0.1) is 11.6 Å². The summed E-state index contributed by atoms with van der Waals surface area (Å²) < 4.78 is 38.7. The molecule has 1 aliphatic rings. The van der Waals surface area contributed by atoms with Crippen molar-refractivity contribution in [2.24, 2.45) is 0 Å². The van der Waals surface area contributed by atoms with Crippen molar-refractivity contribution in [3.05, 3.63) is 70.2 Å². The predicted octanol–water partition coefficient (Wildman–Crippen LogP) is 4.36. The van der Waals surface area contributed by atoms with Crippen molar-refractivity contribution in [3.8, 4) is 0 Å². The first-order chi connectivity index (χ1) is 16.4. The van der Waals surface area contributed by atoms with Gasteiger partial charge in [-0.15, -0.1) is 0 Å². The second-order valence-corrected chi connectivity index (χ2v) is 8.60. The molecule has 9 heteroatoms. The van der Waals surface area contributed by atoms with Gasteiger partial charge < -0.3 is 14.4 Å². The van der Waals surface area contributed by atoms with Crippen molar-refractivity contribution in [1.82, 2.24) is 9.80 Å². The number of rotatable bonds is 10. The maximum absolute atomic E-state index is 14.1. The Morgan fingerprint density at radius 3 is 2.26 bits per heavy atom. The molecule has 0 N–H and O–H groups in total. The zero-order chi connectivity index (χ0) is 24.5. The second kappa shape index (κ2) is 12.8. The van der Waals surface area contributed by atoms with Crippen molar-refractivity contribution in [1.29, 1.82) is 0 Å². The Hall–Kier alpha value is -2.55. The number of halogens is 3. The normalized spacial score (nSPS) is 15.2. The molecule has 2 aromatic carbocycles. The average Bonchev–Trinajstić information content (AvgIpc) is 2.83. The molecule has 0 spiro atoms. The van der Waals surface area contributed by atoms with E-state index in [-0.39, 0.29) is 30.5 Å². The van der Waals surface area contributed by atoms with Crippen molar-refractivity contribution in [3.63, 3.8) is 0 Å². The minimum Gasteiger partial charge on any atom is -0.469 e. The maximum atomic E-state index is 14.1. The molecule has 0 radical (unpaired) electrons. The third-order valence-corrected chi connectivity index (χ3v) is 6.13. The van der Waals surface area contributed by atoms with E-state index in [1.807, 2.05) is 12.1 Å². The number of ether oxygens (including phenoxy) is 2. The quantitative estimate of drug-likeness (QED) is 0.459. The molecule has 1 heterocycles. The Morgan fingerprint density at radius 2 is 1.65 bits per heavy atom. The summed E-state index contributed by atoms with van der Waals surface area (Å²) in [6, 6.07) is 10.9. The Labute approximate surface area is 203 Å². The average molecular weight is 495 g/mol. The fourth-order valence-corrected chi connectivity index (χ4v) is 3.97. The maximum Gasteiger partial charge on any atom is 0.305 e. The van der Waals surface area contributed by atoms with Gasteiger partial charge in [-0.05, 0) is 36.2 Å². The van der Waals surface area contributed by atoms with Crippen molar-refractivity contribution >= 4 is 23.5 Å². The van der Waals surface area contributed by atoms with Gasteiger partial charge in [-0.2, -0.15) is 0 Å². The monoisotopic (exact) mass is 494 g/mol. The van der Waals surface area contributed by atoms with E-state index in [4.69, 9.17) is 16.3 Å². The first-order valence-electron chi connectivity index (χ1n) is 11.2. The number of carbonyl (C=O) groups excluding carboxylic acids is 2. The highest BCUT2D eigenvalue weighted by Gasteiger charge is 2.25. The first kappa shape index (κ1) is 26.1. The van der Waals surface area contributed by atoms with E-state index in [9.17, 15) is 18.4 Å². The number of hydrogen-bond donors (Lipinski definition) is 0. The standard InChI is InChI=1S/C25H29ClF2N2O4/c1-33-25(32)7-3-6-24(31)30-14-12-29(13-15-30)16-23(18-8-10-19(26)11-9-18)34-17-20-21(27)4-2-5-22(20)28/h2,4-5,8-11,23H,3,6-7,12-17H2,1H3/t23-/m0/s1. The molecule has 0 aliphatic carbocycles. The fourth-order valence-electron chi connectivity index (χ4n) is 3.84. The molecule has 2 aromatic rings. The molecule has 1 aliphatic heterocycles. The number of hydrogen-bond acceptors (Lipinski definition) is 5. The summed E-state index contributed by atoms with van der Waals surface area (Å²) in [5, 5.41) is 0.585. The third-order valence-electron chi connectivity index (χ3n) is 5.88. The number of benzene rings is 2. The van der Waals surface area contributed by atoms with Crippen LogP contribution in [0.3, 0.4) is 0 Å². The zero-order valence-electron chi connectivity index (χ0n) is 19.1. The van der Waals surface area contributed by atoms with Crippen LogP contribution in [0.15, 0.2) is 42.5 Å². The van der Waals surface area contributed by atoms with Crippen LogP contribution in [-0.4, -0.2) is 61.5 Å². The first-order valence-corrected chi connectivity index (χ1v) is 11.6. The van der Waals surface area contributed by atoms with Crippen molar-refractivity contribution < 1.29 is 27.8 Å². The van der Waals surface area contributed by atoms with E-state index in [2.05, 4.69) is 9.64 Å². The second-order valence-electron chi connectivity index (χ2n) is 8.16. The highest BCUT2D eigenvalue weighted by Crippen LogP contribution is 2.25. The van der Waals surface area contributed by atoms with Crippen LogP contribution < -0.4 is 0 Å². The minimum atomic E-state index is -0.644. The molecule has 0 unspecified atom stereocenters. The van der Waals surface area contributed by atoms with E-state index < -0.39 is 17.7 Å². The molecule has 1 amide bonds. The van der Waals surface area contributed by atoms with Gasteiger partial charge in [-0.1, -0.05) is 29.8 Å². The molecule has 0 saturated carbocycles. The lowest BCUT2D eigenvalue weighted by atomic mass is 10.1. The van der Waals surface area contributed by atoms with Crippen LogP contribution in [0.1, 0.15) is 36.5 Å². The lowest BCUT2D eigenvalue weighted by molar-refractivity contribution is -0.141. The lowest BCUT2D eigenvalue weighted by Gasteiger charge is -2.36. The Morgan fingerprint density at radius 1 is 1.00 bits per heavy atom. The van der Waals surface area contributed by atoms with E-state index >= 15 is 0 Å². The summed E-state index contributed by atoms with van der Waals surface area (Å²) >= 11 is 6.02. The van der Waals surface area contributed by atoms with Gasteiger partial charge in [0.2, 0.25) is 5.91 Å². The van der Waals surface area contributed by atoms with Crippen molar-refractivity contribution in [2.45, 2.75) is 32.0 Å². The van der Waals surface area contributed by atoms with Crippen LogP contribution in [0.5, 0.6) is 0 Å². The summed E-state index contributed by atoms with van der Waals surface area (Å²) in [7, 11) is 1.33. The zero-order valence-corrected chi connectivity index (χ0v) is 19.9. The van der Waals surface area contributed by atoms with Gasteiger partial charge in [-0.25, -0.2) is 8.78 Å². The molecular weight excluding hydrogens is 466 g/mol. The third kappa shape index (κ3) is 7.48. The van der Waals surface area contributed by atoms with Gasteiger partial charge in [0.15, 0.2) is 0 Å². The molecule has 1 saturated heterocycles. The number of amides is 1. The van der Waals surface area contributed by atoms with E-state index in [0.717, 1.165) is 5.56 Å². The van der Waals surface area contributed by atoms with Gasteiger partial charge in [0, 0.05) is 56.2 Å². The van der Waals surface area contributed by atoms with Crippen LogP contribution in [0.4, 0.5) is 8.78 Å². The summed E-state index contributed by atoms with van der Waals surface area (Å²) in [6.07, 6.45) is 0.564. The highest BCUT2D eigenvalue weighted by atomic mass is 35.5. The van der Waals surface area contributed by atoms with Crippen LogP contribution >= 0.6 is 11.6 Å². The largest absolute Gasteiger partial charge is 0.469 e. The van der Waals surface area contributed by atoms with E-state index in [1.165, 1.54) is 25.3 Å². The molecule has 1 atom stereocenters. The SMILES string of the molecule is COC(=O)CCCC(=O)N1CCN(C[C@H](OCc2c(F)cccc2F)c2ccc(Cl)cc2)CC1. The molecule has 184 valence electrons. The lowest BCUT2D eigenvalue weighted by Crippen LogP contribution is -2.49. The molecule has 6 nitrogen and oxygen atoms in total. The Balaban J connectivity index is 1.57. The summed E-state index contributed by atoms with van der Waals surface area (Å²) in [5.74, 6) is -1.59. The van der Waals surface area contributed by atoms with Gasteiger partial charge in [0.05, 0.1) is 19.8 Å². The van der Waals surface area contributed by atoms with Crippen molar-refractivity contribution in [2.75, 3.05) is 39.8 Å². The van der Waals surface area contributed by atoms with Gasteiger partial charge in [-0.3, -0.25) is 14.5 Å². The minimum absolute atomic E-state index is 0.0177. The summed E-state index contributed by atoms with van der Waals surface area (Å²) in [4.78, 5) is 27.6. The summed E-state index contributed by atoms with van der Waals surface area (Å²) in [5.41, 5.74) is 0.742. The van der Waals surface area contributed by atoms with E-state index in [1.54, 1.807) is 17.0 Å². The highest BCUT2D eigenvalue weighted by molar-refractivity contribution is 6.30. The fraction of sp³-hybridized carbons (Fsp3) is 0.440. The number of esters is 1. The molecule has 0 bridgehead atoms.